The second-order valence-electron chi connectivity index (χ2n) is 9.49. The highest BCUT2D eigenvalue weighted by Gasteiger charge is 2.32. The van der Waals surface area contributed by atoms with Crippen molar-refractivity contribution < 1.29 is 22.6 Å². The molecule has 0 amide bonds. The lowest BCUT2D eigenvalue weighted by molar-refractivity contribution is 0.174. The Morgan fingerprint density at radius 1 is 0.974 bits per heavy atom. The van der Waals surface area contributed by atoms with Crippen molar-refractivity contribution in [2.75, 3.05) is 37.9 Å². The molecule has 3 aromatic rings. The van der Waals surface area contributed by atoms with Gasteiger partial charge in [-0.1, -0.05) is 17.7 Å². The van der Waals surface area contributed by atoms with Crippen LogP contribution in [0.1, 0.15) is 25.7 Å². The first-order chi connectivity index (χ1) is 18.4. The van der Waals surface area contributed by atoms with Crippen LogP contribution in [0.4, 0.5) is 5.69 Å². The van der Waals surface area contributed by atoms with E-state index in [2.05, 4.69) is 5.10 Å². The maximum atomic E-state index is 13.6. The molecule has 1 aromatic heterocycles. The van der Waals surface area contributed by atoms with E-state index in [1.165, 1.54) is 21.1 Å². The lowest BCUT2D eigenvalue weighted by atomic mass is 10.2. The highest BCUT2D eigenvalue weighted by Crippen LogP contribution is 2.35. The van der Waals surface area contributed by atoms with Gasteiger partial charge < -0.3 is 19.1 Å². The fraction of sp³-hybridized carbons (Fsp3) is 0.385. The van der Waals surface area contributed by atoms with Gasteiger partial charge in [-0.3, -0.25) is 4.79 Å². The van der Waals surface area contributed by atoms with Crippen LogP contribution in [0.25, 0.3) is 5.69 Å². The molecule has 38 heavy (non-hydrogen) atoms. The van der Waals surface area contributed by atoms with Crippen molar-refractivity contribution >= 4 is 27.3 Å². The molecule has 0 radical (unpaired) electrons. The highest BCUT2D eigenvalue weighted by molar-refractivity contribution is 7.89. The molecular weight excluding hydrogens is 532 g/mol. The Morgan fingerprint density at radius 3 is 2.50 bits per heavy atom. The minimum absolute atomic E-state index is 0.0377. The highest BCUT2D eigenvalue weighted by atomic mass is 35.5. The molecule has 0 atom stereocenters. The van der Waals surface area contributed by atoms with Crippen LogP contribution in [-0.4, -0.2) is 61.6 Å². The van der Waals surface area contributed by atoms with Crippen molar-refractivity contribution in [1.82, 2.24) is 14.1 Å². The van der Waals surface area contributed by atoms with E-state index in [-0.39, 0.29) is 42.2 Å². The number of ether oxygens (including phenoxy) is 3. The fourth-order valence-electron chi connectivity index (χ4n) is 5.09. The third-order valence-corrected chi connectivity index (χ3v) is 9.25. The van der Waals surface area contributed by atoms with E-state index < -0.39 is 10.0 Å². The van der Waals surface area contributed by atoms with E-state index >= 15 is 0 Å². The molecule has 12 heteroatoms. The molecule has 200 valence electrons. The quantitative estimate of drug-likeness (QED) is 0.453. The smallest absolute Gasteiger partial charge is 0.316 e. The summed E-state index contributed by atoms with van der Waals surface area (Å²) in [5.41, 5.74) is 0.748. The topological polar surface area (TPSA) is 103 Å². The largest absolute Gasteiger partial charge is 0.483 e. The van der Waals surface area contributed by atoms with Crippen molar-refractivity contribution in [3.63, 3.8) is 0 Å². The van der Waals surface area contributed by atoms with Gasteiger partial charge in [-0.05, 0) is 56.0 Å². The fourth-order valence-corrected chi connectivity index (χ4v) is 6.71. The van der Waals surface area contributed by atoms with Crippen LogP contribution in [0.3, 0.4) is 0 Å². The zero-order valence-corrected chi connectivity index (χ0v) is 22.2. The molecule has 1 aliphatic carbocycles. The molecule has 0 spiro atoms. The third-order valence-electron chi connectivity index (χ3n) is 7.12. The average Bonchev–Trinajstić information content (AvgIpc) is 3.61. The number of rotatable bonds is 6. The monoisotopic (exact) mass is 558 g/mol. The van der Waals surface area contributed by atoms with Crippen LogP contribution in [-0.2, 0) is 10.0 Å². The van der Waals surface area contributed by atoms with Crippen LogP contribution in [0.5, 0.6) is 17.2 Å². The number of fused-ring (bicyclic) bond motifs is 1. The average molecular weight is 559 g/mol. The van der Waals surface area contributed by atoms with Crippen molar-refractivity contribution in [3.8, 4) is 22.9 Å². The van der Waals surface area contributed by atoms with Crippen LogP contribution < -0.4 is 24.7 Å². The number of anilines is 1. The molecule has 2 aliphatic heterocycles. The van der Waals surface area contributed by atoms with Gasteiger partial charge in [0.1, 0.15) is 5.69 Å². The van der Waals surface area contributed by atoms with Gasteiger partial charge in [-0.15, -0.1) is 0 Å². The minimum atomic E-state index is -3.73. The molecule has 1 saturated heterocycles. The third kappa shape index (κ3) is 4.70. The summed E-state index contributed by atoms with van der Waals surface area (Å²) in [4.78, 5) is 15.7. The van der Waals surface area contributed by atoms with E-state index in [0.29, 0.717) is 41.0 Å². The summed E-state index contributed by atoms with van der Waals surface area (Å²) in [6, 6.07) is 11.6. The number of hydrogen-bond acceptors (Lipinski definition) is 8. The molecule has 2 aromatic carbocycles. The van der Waals surface area contributed by atoms with Gasteiger partial charge in [-0.2, -0.15) is 14.1 Å². The van der Waals surface area contributed by atoms with Crippen LogP contribution >= 0.6 is 11.6 Å². The summed E-state index contributed by atoms with van der Waals surface area (Å²) >= 11 is 6.15. The van der Waals surface area contributed by atoms with E-state index in [0.717, 1.165) is 25.7 Å². The van der Waals surface area contributed by atoms with E-state index in [1.807, 2.05) is 4.90 Å². The van der Waals surface area contributed by atoms with Gasteiger partial charge >= 0.3 is 5.56 Å². The Morgan fingerprint density at radius 2 is 1.74 bits per heavy atom. The normalized spacial score (nSPS) is 18.2. The predicted molar refractivity (Wildman–Crippen MR) is 141 cm³/mol. The number of benzene rings is 2. The summed E-state index contributed by atoms with van der Waals surface area (Å²) in [6.07, 6.45) is 5.48. The number of halogens is 1. The molecule has 1 saturated carbocycles. The maximum absolute atomic E-state index is 13.6. The zero-order chi connectivity index (χ0) is 26.3. The van der Waals surface area contributed by atoms with Gasteiger partial charge in [0, 0.05) is 37.3 Å². The van der Waals surface area contributed by atoms with Gasteiger partial charge in [0.2, 0.25) is 22.6 Å². The number of aromatic nitrogens is 2. The summed E-state index contributed by atoms with van der Waals surface area (Å²) in [6.45, 7) is 1.33. The molecule has 3 aliphatic rings. The second-order valence-corrected chi connectivity index (χ2v) is 11.9. The minimum Gasteiger partial charge on any atom is -0.483 e. The molecule has 10 nitrogen and oxygen atoms in total. The Bertz CT molecular complexity index is 1510. The second kappa shape index (κ2) is 10.1. The SMILES string of the molecule is O=c1c(OC2CCCC2)c(N2CCN(S(=O)(=O)c3ccc4c(c3)OCO4)CC2)cnn1-c1cccc(Cl)c1. The standard InChI is InChI=1S/C26H27ClN4O6S/c27-18-4-3-5-19(14-18)31-26(32)25(37-20-6-1-2-7-20)22(16-28-31)29-10-12-30(13-11-29)38(33,34)21-8-9-23-24(15-21)36-17-35-23/h3-5,8-9,14-16,20H,1-2,6-7,10-13,17H2. The molecule has 6 rings (SSSR count). The number of hydrogen-bond donors (Lipinski definition) is 0. The number of nitrogens with zero attached hydrogens (tertiary/aromatic N) is 4. The first kappa shape index (κ1) is 25.0. The molecule has 3 heterocycles. The van der Waals surface area contributed by atoms with Crippen LogP contribution in [0.2, 0.25) is 5.02 Å². The number of piperazine rings is 1. The van der Waals surface area contributed by atoms with Crippen molar-refractivity contribution in [3.05, 3.63) is 64.0 Å². The van der Waals surface area contributed by atoms with Gasteiger partial charge in [0.15, 0.2) is 11.5 Å². The zero-order valence-electron chi connectivity index (χ0n) is 20.6. The van der Waals surface area contributed by atoms with Gasteiger partial charge in [0.25, 0.3) is 0 Å². The molecule has 0 bridgehead atoms. The molecular formula is C26H27ClN4O6S. The number of sulfonamides is 1. The summed E-state index contributed by atoms with van der Waals surface area (Å²) in [5.74, 6) is 1.19. The lowest BCUT2D eigenvalue weighted by Gasteiger charge is -2.36. The van der Waals surface area contributed by atoms with Crippen LogP contribution in [0, 0.1) is 0 Å². The van der Waals surface area contributed by atoms with Gasteiger partial charge in [0.05, 0.1) is 22.9 Å². The van der Waals surface area contributed by atoms with E-state index in [4.69, 9.17) is 25.8 Å². The first-order valence-corrected chi connectivity index (χ1v) is 14.4. The summed E-state index contributed by atoms with van der Waals surface area (Å²) < 4.78 is 46.3. The Labute approximate surface area is 225 Å². The van der Waals surface area contributed by atoms with Gasteiger partial charge in [-0.25, -0.2) is 8.42 Å². The van der Waals surface area contributed by atoms with Crippen molar-refractivity contribution in [2.24, 2.45) is 0 Å². The Hall–Kier alpha value is -3.28. The molecule has 0 unspecified atom stereocenters. The molecule has 2 fully saturated rings. The maximum Gasteiger partial charge on any atom is 0.316 e. The van der Waals surface area contributed by atoms with E-state index in [9.17, 15) is 13.2 Å². The predicted octanol–water partition coefficient (Wildman–Crippen LogP) is 3.45. The Kier molecular flexibility index (Phi) is 6.67. The summed E-state index contributed by atoms with van der Waals surface area (Å²) in [5, 5.41) is 4.91. The van der Waals surface area contributed by atoms with Crippen molar-refractivity contribution in [1.29, 1.82) is 0 Å². The summed E-state index contributed by atoms with van der Waals surface area (Å²) in [7, 11) is -3.73. The van der Waals surface area contributed by atoms with Crippen molar-refractivity contribution in [2.45, 2.75) is 36.7 Å². The lowest BCUT2D eigenvalue weighted by Crippen LogP contribution is -2.49. The molecule has 0 N–H and O–H groups in total. The first-order valence-electron chi connectivity index (χ1n) is 12.6. The van der Waals surface area contributed by atoms with Crippen LogP contribution in [0.15, 0.2) is 58.4 Å². The van der Waals surface area contributed by atoms with E-state index in [1.54, 1.807) is 36.5 Å². The Balaban J connectivity index is 1.26.